The topological polar surface area (TPSA) is 63.4 Å². The molecule has 2 N–H and O–H groups in total. The minimum atomic E-state index is -0.398. The van der Waals surface area contributed by atoms with Crippen LogP contribution in [-0.4, -0.2) is 29.3 Å². The maximum absolute atomic E-state index is 12.0. The van der Waals surface area contributed by atoms with Crippen LogP contribution in [0, 0.1) is 11.3 Å². The lowest BCUT2D eigenvalue weighted by molar-refractivity contribution is -0.138. The Labute approximate surface area is 97.2 Å². The number of likely N-dealkylation sites (tertiary alicyclic amines) is 1. The van der Waals surface area contributed by atoms with Gasteiger partial charge in [-0.2, -0.15) is 0 Å². The zero-order valence-electron chi connectivity index (χ0n) is 10.6. The molecule has 1 heterocycles. The first kappa shape index (κ1) is 13.0. The lowest BCUT2D eigenvalue weighted by Gasteiger charge is -2.26. The standard InChI is InChI=1S/C12H22N2O2/c1-8-5-9(11(13)16)14(7-8)10(15)6-12(2,3)4/h8-9H,5-7H2,1-4H3,(H2,13,16)/t8-,9-/m0/s1. The van der Waals surface area contributed by atoms with Gasteiger partial charge in [0.15, 0.2) is 0 Å². The smallest absolute Gasteiger partial charge is 0.240 e. The Morgan fingerprint density at radius 2 is 1.94 bits per heavy atom. The summed E-state index contributed by atoms with van der Waals surface area (Å²) in [6.45, 7) is 8.75. The molecule has 2 amide bonds. The molecule has 16 heavy (non-hydrogen) atoms. The van der Waals surface area contributed by atoms with Crippen LogP contribution in [0.5, 0.6) is 0 Å². The lowest BCUT2D eigenvalue weighted by atomic mass is 9.91. The largest absolute Gasteiger partial charge is 0.368 e. The highest BCUT2D eigenvalue weighted by molar-refractivity contribution is 5.87. The quantitative estimate of drug-likeness (QED) is 0.767. The van der Waals surface area contributed by atoms with Crippen molar-refractivity contribution in [2.24, 2.45) is 17.1 Å². The van der Waals surface area contributed by atoms with Gasteiger partial charge in [-0.1, -0.05) is 27.7 Å². The first-order valence-electron chi connectivity index (χ1n) is 5.79. The molecule has 0 aromatic heterocycles. The van der Waals surface area contributed by atoms with Crippen molar-refractivity contribution in [1.82, 2.24) is 4.90 Å². The second-order valence-corrected chi connectivity index (χ2v) is 6.04. The minimum Gasteiger partial charge on any atom is -0.368 e. The van der Waals surface area contributed by atoms with Gasteiger partial charge < -0.3 is 10.6 Å². The van der Waals surface area contributed by atoms with E-state index in [0.29, 0.717) is 25.3 Å². The van der Waals surface area contributed by atoms with E-state index in [1.807, 2.05) is 27.7 Å². The maximum atomic E-state index is 12.0. The van der Waals surface area contributed by atoms with Gasteiger partial charge in [-0.25, -0.2) is 0 Å². The van der Waals surface area contributed by atoms with Gasteiger partial charge >= 0.3 is 0 Å². The molecule has 1 aliphatic heterocycles. The molecule has 1 rings (SSSR count). The number of carbonyl (C=O) groups excluding carboxylic acids is 2. The van der Waals surface area contributed by atoms with Crippen LogP contribution in [-0.2, 0) is 9.59 Å². The highest BCUT2D eigenvalue weighted by Gasteiger charge is 2.37. The van der Waals surface area contributed by atoms with Gasteiger partial charge in [0.25, 0.3) is 0 Å². The Kier molecular flexibility index (Phi) is 3.61. The van der Waals surface area contributed by atoms with E-state index in [9.17, 15) is 9.59 Å². The number of amides is 2. The summed E-state index contributed by atoms with van der Waals surface area (Å²) in [6.07, 6.45) is 1.16. The van der Waals surface area contributed by atoms with Gasteiger partial charge in [0, 0.05) is 13.0 Å². The predicted octanol–water partition coefficient (Wildman–Crippen LogP) is 1.14. The van der Waals surface area contributed by atoms with E-state index in [-0.39, 0.29) is 17.2 Å². The molecule has 0 radical (unpaired) electrons. The van der Waals surface area contributed by atoms with E-state index in [4.69, 9.17) is 5.73 Å². The van der Waals surface area contributed by atoms with Gasteiger partial charge in [-0.05, 0) is 17.8 Å². The number of primary amides is 1. The van der Waals surface area contributed by atoms with Gasteiger partial charge in [0.05, 0.1) is 0 Å². The van der Waals surface area contributed by atoms with E-state index in [1.165, 1.54) is 0 Å². The number of nitrogens with zero attached hydrogens (tertiary/aromatic N) is 1. The van der Waals surface area contributed by atoms with Crippen molar-refractivity contribution >= 4 is 11.8 Å². The third-order valence-electron chi connectivity index (χ3n) is 2.84. The van der Waals surface area contributed by atoms with Gasteiger partial charge in [-0.15, -0.1) is 0 Å². The molecule has 1 fully saturated rings. The van der Waals surface area contributed by atoms with Gasteiger partial charge in [0.1, 0.15) is 6.04 Å². The molecule has 0 bridgehead atoms. The molecule has 92 valence electrons. The van der Waals surface area contributed by atoms with Crippen molar-refractivity contribution in [2.45, 2.75) is 46.6 Å². The van der Waals surface area contributed by atoms with E-state index in [1.54, 1.807) is 4.90 Å². The SMILES string of the molecule is C[C@H]1C[C@@H](C(N)=O)N(C(=O)CC(C)(C)C)C1. The Bertz CT molecular complexity index is 294. The third-order valence-corrected chi connectivity index (χ3v) is 2.84. The summed E-state index contributed by atoms with van der Waals surface area (Å²) in [6, 6.07) is -0.398. The number of carbonyl (C=O) groups is 2. The van der Waals surface area contributed by atoms with Crippen LogP contribution >= 0.6 is 0 Å². The molecule has 4 heteroatoms. The van der Waals surface area contributed by atoms with E-state index >= 15 is 0 Å². The van der Waals surface area contributed by atoms with Gasteiger partial charge in [-0.3, -0.25) is 9.59 Å². The summed E-state index contributed by atoms with van der Waals surface area (Å²) in [4.78, 5) is 24.9. The van der Waals surface area contributed by atoms with E-state index < -0.39 is 6.04 Å². The maximum Gasteiger partial charge on any atom is 0.240 e. The fourth-order valence-corrected chi connectivity index (χ4v) is 2.15. The molecule has 0 unspecified atom stereocenters. The highest BCUT2D eigenvalue weighted by atomic mass is 16.2. The zero-order valence-corrected chi connectivity index (χ0v) is 10.6. The molecule has 0 aromatic carbocycles. The molecular weight excluding hydrogens is 204 g/mol. The van der Waals surface area contributed by atoms with Crippen molar-refractivity contribution in [1.29, 1.82) is 0 Å². The van der Waals surface area contributed by atoms with Crippen LogP contribution < -0.4 is 5.73 Å². The van der Waals surface area contributed by atoms with Crippen LogP contribution in [0.25, 0.3) is 0 Å². The fourth-order valence-electron chi connectivity index (χ4n) is 2.15. The Morgan fingerprint density at radius 3 is 2.38 bits per heavy atom. The summed E-state index contributed by atoms with van der Waals surface area (Å²) in [5, 5.41) is 0. The molecular formula is C12H22N2O2. The Balaban J connectivity index is 2.71. The second kappa shape index (κ2) is 4.44. The summed E-state index contributed by atoms with van der Waals surface area (Å²) < 4.78 is 0. The molecule has 0 spiro atoms. The molecule has 1 aliphatic rings. The van der Waals surface area contributed by atoms with Crippen LogP contribution in [0.1, 0.15) is 40.5 Å². The van der Waals surface area contributed by atoms with E-state index in [0.717, 1.165) is 0 Å². The average molecular weight is 226 g/mol. The summed E-state index contributed by atoms with van der Waals surface area (Å²) in [7, 11) is 0. The number of nitrogens with two attached hydrogens (primary N) is 1. The second-order valence-electron chi connectivity index (χ2n) is 6.04. The van der Waals surface area contributed by atoms with Crippen LogP contribution in [0.3, 0.4) is 0 Å². The number of hydrogen-bond donors (Lipinski definition) is 1. The third kappa shape index (κ3) is 3.22. The van der Waals surface area contributed by atoms with Crippen LogP contribution in [0.4, 0.5) is 0 Å². The highest BCUT2D eigenvalue weighted by Crippen LogP contribution is 2.27. The zero-order chi connectivity index (χ0) is 12.5. The van der Waals surface area contributed by atoms with Crippen LogP contribution in [0.15, 0.2) is 0 Å². The molecule has 0 saturated carbocycles. The number of hydrogen-bond acceptors (Lipinski definition) is 2. The monoisotopic (exact) mass is 226 g/mol. The summed E-state index contributed by atoms with van der Waals surface area (Å²) in [5.41, 5.74) is 5.27. The number of rotatable bonds is 2. The Hall–Kier alpha value is -1.06. The van der Waals surface area contributed by atoms with Crippen molar-refractivity contribution in [3.8, 4) is 0 Å². The van der Waals surface area contributed by atoms with Crippen molar-refractivity contribution in [2.75, 3.05) is 6.54 Å². The first-order valence-corrected chi connectivity index (χ1v) is 5.79. The molecule has 0 aromatic rings. The summed E-state index contributed by atoms with van der Waals surface area (Å²) in [5.74, 6) is 0.0219. The molecule has 0 aliphatic carbocycles. The predicted molar refractivity (Wildman–Crippen MR) is 62.5 cm³/mol. The van der Waals surface area contributed by atoms with Gasteiger partial charge in [0.2, 0.25) is 11.8 Å². The van der Waals surface area contributed by atoms with Crippen molar-refractivity contribution in [3.05, 3.63) is 0 Å². The Morgan fingerprint density at radius 1 is 1.38 bits per heavy atom. The first-order chi connectivity index (χ1) is 7.20. The lowest BCUT2D eigenvalue weighted by Crippen LogP contribution is -2.44. The van der Waals surface area contributed by atoms with Crippen molar-refractivity contribution < 1.29 is 9.59 Å². The molecule has 1 saturated heterocycles. The minimum absolute atomic E-state index is 0.0423. The van der Waals surface area contributed by atoms with Crippen LogP contribution in [0.2, 0.25) is 0 Å². The normalized spacial score (nSPS) is 25.9. The molecule has 4 nitrogen and oxygen atoms in total. The summed E-state index contributed by atoms with van der Waals surface area (Å²) >= 11 is 0. The fraction of sp³-hybridized carbons (Fsp3) is 0.833. The average Bonchev–Trinajstić information content (AvgIpc) is 2.44. The molecule has 2 atom stereocenters. The van der Waals surface area contributed by atoms with E-state index in [2.05, 4.69) is 0 Å². The van der Waals surface area contributed by atoms with Crippen molar-refractivity contribution in [3.63, 3.8) is 0 Å².